The number of hydrogen-bond donors (Lipinski definition) is 1. The first-order valence-corrected chi connectivity index (χ1v) is 9.31. The summed E-state index contributed by atoms with van der Waals surface area (Å²) in [5, 5.41) is 2.08. The molecule has 0 spiro atoms. The molecule has 8 nitrogen and oxygen atoms in total. The number of sulfonamides is 1. The second kappa shape index (κ2) is 7.00. The third kappa shape index (κ3) is 3.96. The van der Waals surface area contributed by atoms with Gasteiger partial charge in [0, 0.05) is 5.69 Å². The molecule has 1 aromatic carbocycles. The van der Waals surface area contributed by atoms with Crippen LogP contribution in [-0.2, 0) is 22.4 Å². The molecule has 2 heterocycles. The van der Waals surface area contributed by atoms with Crippen molar-refractivity contribution in [2.45, 2.75) is 24.4 Å². The Kier molecular flexibility index (Phi) is 5.04. The summed E-state index contributed by atoms with van der Waals surface area (Å²) in [6.45, 7) is 1.22. The first-order valence-electron chi connectivity index (χ1n) is 7.82. The molecule has 0 aliphatic carbocycles. The molecule has 162 valence electrons. The number of nitrogens with one attached hydrogen (secondary N) is 1. The fourth-order valence-corrected chi connectivity index (χ4v) is 3.47. The molecule has 0 unspecified atom stereocenters. The molecule has 2 aromatic heterocycles. The van der Waals surface area contributed by atoms with Gasteiger partial charge in [-0.25, -0.2) is 4.98 Å². The topological polar surface area (TPSA) is 98.5 Å². The van der Waals surface area contributed by atoms with Gasteiger partial charge in [0.15, 0.2) is 5.69 Å². The van der Waals surface area contributed by atoms with E-state index in [1.807, 2.05) is 0 Å². The van der Waals surface area contributed by atoms with Gasteiger partial charge in [-0.3, -0.25) is 4.72 Å². The number of ether oxygens (including phenoxy) is 1. The highest BCUT2D eigenvalue weighted by molar-refractivity contribution is 7.92. The van der Waals surface area contributed by atoms with Crippen LogP contribution in [0.2, 0.25) is 0 Å². The van der Waals surface area contributed by atoms with Crippen LogP contribution in [0.4, 0.5) is 32.0 Å². The summed E-state index contributed by atoms with van der Waals surface area (Å²) in [5.41, 5.74) is -3.82. The van der Waals surface area contributed by atoms with Crippen LogP contribution in [0.3, 0.4) is 0 Å². The molecule has 0 fully saturated rings. The third-order valence-corrected chi connectivity index (χ3v) is 4.87. The van der Waals surface area contributed by atoms with Gasteiger partial charge in [-0.2, -0.15) is 44.3 Å². The molecule has 0 aliphatic rings. The number of nitrogens with zero attached hydrogens (tertiary/aromatic N) is 4. The van der Waals surface area contributed by atoms with Gasteiger partial charge in [0.05, 0.1) is 12.7 Å². The lowest BCUT2D eigenvalue weighted by molar-refractivity contribution is -0.142. The van der Waals surface area contributed by atoms with Crippen molar-refractivity contribution in [2.24, 2.45) is 0 Å². The molecule has 0 saturated carbocycles. The number of methoxy groups -OCH3 is 1. The van der Waals surface area contributed by atoms with Gasteiger partial charge in [-0.15, -0.1) is 5.10 Å². The summed E-state index contributed by atoms with van der Waals surface area (Å²) >= 11 is 0. The van der Waals surface area contributed by atoms with Crippen LogP contribution >= 0.6 is 0 Å². The van der Waals surface area contributed by atoms with Gasteiger partial charge in [-0.05, 0) is 25.1 Å². The minimum absolute atomic E-state index is 0.122. The van der Waals surface area contributed by atoms with Crippen LogP contribution in [0.25, 0.3) is 5.78 Å². The van der Waals surface area contributed by atoms with E-state index in [0.717, 1.165) is 19.2 Å². The highest BCUT2D eigenvalue weighted by Crippen LogP contribution is 2.40. The molecule has 30 heavy (non-hydrogen) atoms. The molecule has 0 radical (unpaired) electrons. The average Bonchev–Trinajstić information content (AvgIpc) is 3.03. The smallest absolute Gasteiger partial charge is 0.433 e. The van der Waals surface area contributed by atoms with Gasteiger partial charge in [0.1, 0.15) is 11.4 Å². The molecule has 15 heteroatoms. The van der Waals surface area contributed by atoms with Gasteiger partial charge >= 0.3 is 12.4 Å². The number of fused-ring (bicyclic) bond motifs is 1. The monoisotopic (exact) mass is 455 g/mol. The Bertz CT molecular complexity index is 1220. The van der Waals surface area contributed by atoms with E-state index in [0.29, 0.717) is 12.1 Å². The first kappa shape index (κ1) is 21.6. The maximum absolute atomic E-state index is 13.3. The van der Waals surface area contributed by atoms with E-state index in [4.69, 9.17) is 4.74 Å². The average molecular weight is 455 g/mol. The lowest BCUT2D eigenvalue weighted by Gasteiger charge is -2.16. The fraction of sp³-hybridized carbons (Fsp3) is 0.267. The van der Waals surface area contributed by atoms with E-state index in [2.05, 4.69) is 15.1 Å². The van der Waals surface area contributed by atoms with Crippen LogP contribution in [-0.4, -0.2) is 35.1 Å². The number of benzene rings is 1. The van der Waals surface area contributed by atoms with E-state index in [1.165, 1.54) is 6.92 Å². The third-order valence-electron chi connectivity index (χ3n) is 3.74. The largest absolute Gasteiger partial charge is 0.495 e. The van der Waals surface area contributed by atoms with Crippen molar-refractivity contribution in [2.75, 3.05) is 11.8 Å². The van der Waals surface area contributed by atoms with Crippen molar-refractivity contribution in [3.63, 3.8) is 0 Å². The minimum atomic E-state index is -4.96. The SMILES string of the molecule is COc1cccc(C(F)(F)F)c1NS(=O)(=O)c1nc2nc(C)cc(C(F)(F)F)n2n1. The lowest BCUT2D eigenvalue weighted by Crippen LogP contribution is -2.19. The Balaban J connectivity index is 2.16. The summed E-state index contributed by atoms with van der Waals surface area (Å²) in [5.74, 6) is -1.17. The number of aryl methyl sites for hydroxylation is 1. The van der Waals surface area contributed by atoms with Crippen molar-refractivity contribution in [1.82, 2.24) is 19.6 Å². The van der Waals surface area contributed by atoms with Crippen molar-refractivity contribution < 1.29 is 39.5 Å². The zero-order valence-corrected chi connectivity index (χ0v) is 15.8. The highest BCUT2D eigenvalue weighted by Gasteiger charge is 2.38. The van der Waals surface area contributed by atoms with Gasteiger partial charge in [0.2, 0.25) is 0 Å². The van der Waals surface area contributed by atoms with E-state index in [-0.39, 0.29) is 10.2 Å². The highest BCUT2D eigenvalue weighted by atomic mass is 32.2. The predicted octanol–water partition coefficient (Wildman–Crippen LogP) is 3.28. The second-order valence-electron chi connectivity index (χ2n) is 5.87. The molecule has 1 N–H and O–H groups in total. The zero-order valence-electron chi connectivity index (χ0n) is 15.0. The Morgan fingerprint density at radius 3 is 2.30 bits per heavy atom. The van der Waals surface area contributed by atoms with E-state index < -0.39 is 56.0 Å². The Hall–Kier alpha value is -3.10. The van der Waals surface area contributed by atoms with E-state index >= 15 is 0 Å². The molecule has 0 atom stereocenters. The predicted molar refractivity (Wildman–Crippen MR) is 89.3 cm³/mol. The Morgan fingerprint density at radius 2 is 1.73 bits per heavy atom. The van der Waals surface area contributed by atoms with Gasteiger partial charge in [0.25, 0.3) is 21.0 Å². The Labute approximate surface area is 164 Å². The second-order valence-corrected chi connectivity index (χ2v) is 7.45. The summed E-state index contributed by atoms with van der Waals surface area (Å²) in [6, 6.07) is 3.28. The number of alkyl halides is 6. The molecule has 0 bridgehead atoms. The normalized spacial score (nSPS) is 12.9. The number of halogens is 6. The molecule has 0 saturated heterocycles. The summed E-state index contributed by atoms with van der Waals surface area (Å²) in [7, 11) is -3.93. The van der Waals surface area contributed by atoms with Crippen molar-refractivity contribution in [3.05, 3.63) is 41.2 Å². The fourth-order valence-electron chi connectivity index (χ4n) is 2.51. The number of aromatic nitrogens is 4. The van der Waals surface area contributed by atoms with Crippen LogP contribution in [0.15, 0.2) is 29.4 Å². The maximum atomic E-state index is 13.3. The number of hydrogen-bond acceptors (Lipinski definition) is 6. The molecule has 3 aromatic rings. The van der Waals surface area contributed by atoms with Gasteiger partial charge in [-0.1, -0.05) is 6.07 Å². The molecule has 0 aliphatic heterocycles. The van der Waals surface area contributed by atoms with E-state index in [1.54, 1.807) is 4.72 Å². The number of rotatable bonds is 4. The Morgan fingerprint density at radius 1 is 1.07 bits per heavy atom. The van der Waals surface area contributed by atoms with Gasteiger partial charge < -0.3 is 4.74 Å². The summed E-state index contributed by atoms with van der Waals surface area (Å²) < 4.78 is 111. The molecular weight excluding hydrogens is 444 g/mol. The standard InChI is InChI=1S/C15H11F6N5O3S/c1-7-6-10(15(19,20)21)26-12(22-7)23-13(24-26)30(27,28)25-11-8(14(16,17)18)4-3-5-9(11)29-2/h3-6,25H,1-2H3. The summed E-state index contributed by atoms with van der Waals surface area (Å²) in [6.07, 6.45) is -9.87. The van der Waals surface area contributed by atoms with Crippen molar-refractivity contribution in [3.8, 4) is 5.75 Å². The maximum Gasteiger partial charge on any atom is 0.433 e. The zero-order chi connectivity index (χ0) is 22.5. The first-order chi connectivity index (χ1) is 13.7. The summed E-state index contributed by atoms with van der Waals surface area (Å²) in [4.78, 5) is 7.11. The van der Waals surface area contributed by atoms with Crippen LogP contribution in [0.5, 0.6) is 5.75 Å². The van der Waals surface area contributed by atoms with Crippen LogP contribution in [0.1, 0.15) is 17.0 Å². The number of anilines is 1. The molecular formula is C15H11F6N5O3S. The quantitative estimate of drug-likeness (QED) is 0.607. The van der Waals surface area contributed by atoms with Crippen molar-refractivity contribution >= 4 is 21.5 Å². The van der Waals surface area contributed by atoms with Crippen LogP contribution in [0, 0.1) is 6.92 Å². The van der Waals surface area contributed by atoms with Crippen molar-refractivity contribution in [1.29, 1.82) is 0 Å². The van der Waals surface area contributed by atoms with E-state index in [9.17, 15) is 34.8 Å². The molecule has 0 amide bonds. The van der Waals surface area contributed by atoms with Crippen LogP contribution < -0.4 is 9.46 Å². The number of para-hydroxylation sites is 1. The molecule has 3 rings (SSSR count). The lowest BCUT2D eigenvalue weighted by atomic mass is 10.1. The minimum Gasteiger partial charge on any atom is -0.495 e.